The van der Waals surface area contributed by atoms with Gasteiger partial charge < -0.3 is 4.52 Å². The van der Waals surface area contributed by atoms with Gasteiger partial charge in [0.15, 0.2) is 0 Å². The average molecular weight is 434 g/mol. The fourth-order valence-electron chi connectivity index (χ4n) is 2.54. The first-order valence-corrected chi connectivity index (χ1v) is 9.92. The molecule has 1 aromatic heterocycles. The number of benzene rings is 2. The van der Waals surface area contributed by atoms with Crippen molar-refractivity contribution >= 4 is 35.2 Å². The van der Waals surface area contributed by atoms with E-state index < -0.39 is 17.6 Å². The maximum Gasteiger partial charge on any atom is 0.275 e. The zero-order valence-electron chi connectivity index (χ0n) is 15.6. The van der Waals surface area contributed by atoms with Crippen molar-refractivity contribution in [2.45, 2.75) is 18.7 Å². The lowest BCUT2D eigenvalue weighted by Crippen LogP contribution is -2.42. The third-order valence-electron chi connectivity index (χ3n) is 4.00. The number of hydrogen-bond acceptors (Lipinski definition) is 5. The molecule has 3 aromatic rings. The van der Waals surface area contributed by atoms with Gasteiger partial charge in [-0.3, -0.25) is 20.4 Å². The molecule has 0 aliphatic heterocycles. The monoisotopic (exact) mass is 433 g/mol. The van der Waals surface area contributed by atoms with E-state index in [0.717, 1.165) is 10.5 Å². The SMILES string of the molecule is Cc1ccc(SCC(=O)NNC(=O)c2c(-c3c(F)cccc3Cl)noc2C)cc1. The highest BCUT2D eigenvalue weighted by Crippen LogP contribution is 2.33. The quantitative estimate of drug-likeness (QED) is 0.463. The molecule has 9 heteroatoms. The number of thioether (sulfide) groups is 1. The number of halogens is 2. The molecule has 29 heavy (non-hydrogen) atoms. The van der Waals surface area contributed by atoms with E-state index in [1.807, 2.05) is 31.2 Å². The van der Waals surface area contributed by atoms with Crippen LogP contribution in [0.4, 0.5) is 4.39 Å². The molecule has 0 fully saturated rings. The number of carbonyl (C=O) groups is 2. The average Bonchev–Trinajstić information content (AvgIpc) is 3.06. The molecule has 0 saturated carbocycles. The highest BCUT2D eigenvalue weighted by Gasteiger charge is 2.25. The van der Waals surface area contributed by atoms with Crippen LogP contribution in [0.15, 0.2) is 51.9 Å². The molecule has 2 aromatic carbocycles. The van der Waals surface area contributed by atoms with Crippen LogP contribution in [-0.2, 0) is 4.79 Å². The molecule has 0 aliphatic carbocycles. The Hall–Kier alpha value is -2.84. The number of hydrogen-bond donors (Lipinski definition) is 2. The molecule has 0 aliphatic rings. The Balaban J connectivity index is 1.66. The van der Waals surface area contributed by atoms with Gasteiger partial charge in [-0.2, -0.15) is 0 Å². The number of aryl methyl sites for hydroxylation is 2. The summed E-state index contributed by atoms with van der Waals surface area (Å²) in [7, 11) is 0. The Bertz CT molecular complexity index is 1030. The highest BCUT2D eigenvalue weighted by atomic mass is 35.5. The van der Waals surface area contributed by atoms with Crippen molar-refractivity contribution in [3.05, 3.63) is 70.2 Å². The second-order valence-electron chi connectivity index (χ2n) is 6.16. The summed E-state index contributed by atoms with van der Waals surface area (Å²) in [4.78, 5) is 25.5. The second kappa shape index (κ2) is 9.11. The fourth-order valence-corrected chi connectivity index (χ4v) is 3.49. The molecule has 0 spiro atoms. The topological polar surface area (TPSA) is 84.2 Å². The fraction of sp³-hybridized carbons (Fsp3) is 0.150. The van der Waals surface area contributed by atoms with Gasteiger partial charge in [0, 0.05) is 4.90 Å². The van der Waals surface area contributed by atoms with Gasteiger partial charge in [0.1, 0.15) is 22.8 Å². The van der Waals surface area contributed by atoms with Gasteiger partial charge in [-0.1, -0.05) is 40.5 Å². The molecule has 0 atom stereocenters. The number of rotatable bonds is 5. The van der Waals surface area contributed by atoms with Gasteiger partial charge >= 0.3 is 0 Å². The van der Waals surface area contributed by atoms with Crippen LogP contribution < -0.4 is 10.9 Å². The number of carbonyl (C=O) groups excluding carboxylic acids is 2. The smallest absolute Gasteiger partial charge is 0.275 e. The van der Waals surface area contributed by atoms with E-state index in [-0.39, 0.29) is 33.4 Å². The lowest BCUT2D eigenvalue weighted by atomic mass is 10.1. The summed E-state index contributed by atoms with van der Waals surface area (Å²) >= 11 is 7.39. The molecule has 2 N–H and O–H groups in total. The Kier molecular flexibility index (Phi) is 6.56. The Labute approximate surface area is 175 Å². The molecule has 1 heterocycles. The summed E-state index contributed by atoms with van der Waals surface area (Å²) in [6.07, 6.45) is 0. The van der Waals surface area contributed by atoms with Crippen molar-refractivity contribution in [3.8, 4) is 11.3 Å². The lowest BCUT2D eigenvalue weighted by molar-refractivity contribution is -0.119. The second-order valence-corrected chi connectivity index (χ2v) is 7.62. The molecule has 6 nitrogen and oxygen atoms in total. The van der Waals surface area contributed by atoms with Crippen LogP contribution in [0.3, 0.4) is 0 Å². The zero-order valence-corrected chi connectivity index (χ0v) is 17.2. The first-order valence-electron chi connectivity index (χ1n) is 8.56. The third-order valence-corrected chi connectivity index (χ3v) is 5.32. The van der Waals surface area contributed by atoms with Crippen LogP contribution in [0.2, 0.25) is 5.02 Å². The van der Waals surface area contributed by atoms with Crippen molar-refractivity contribution < 1.29 is 18.5 Å². The maximum absolute atomic E-state index is 14.2. The highest BCUT2D eigenvalue weighted by molar-refractivity contribution is 8.00. The first kappa shape index (κ1) is 20.9. The lowest BCUT2D eigenvalue weighted by Gasteiger charge is -2.09. The van der Waals surface area contributed by atoms with E-state index in [0.29, 0.717) is 0 Å². The number of amides is 2. The van der Waals surface area contributed by atoms with Gasteiger partial charge in [-0.05, 0) is 38.1 Å². The third kappa shape index (κ3) is 4.96. The van der Waals surface area contributed by atoms with E-state index in [2.05, 4.69) is 16.0 Å². The van der Waals surface area contributed by atoms with Gasteiger partial charge in [0.05, 0.1) is 16.3 Å². The van der Waals surface area contributed by atoms with Crippen LogP contribution in [0, 0.1) is 19.7 Å². The van der Waals surface area contributed by atoms with Crippen LogP contribution in [-0.4, -0.2) is 22.7 Å². The maximum atomic E-state index is 14.2. The predicted octanol–water partition coefficient (Wildman–Crippen LogP) is 4.30. The van der Waals surface area contributed by atoms with Crippen LogP contribution in [0.1, 0.15) is 21.7 Å². The molecular formula is C20H17ClFN3O3S. The summed E-state index contributed by atoms with van der Waals surface area (Å²) in [5.74, 6) is -1.45. The summed E-state index contributed by atoms with van der Waals surface area (Å²) in [5.41, 5.74) is 5.67. The van der Waals surface area contributed by atoms with E-state index in [1.54, 1.807) is 0 Å². The predicted molar refractivity (Wildman–Crippen MR) is 109 cm³/mol. The Morgan fingerprint density at radius 1 is 1.14 bits per heavy atom. The number of hydrazine groups is 1. The minimum absolute atomic E-state index is 0.0107. The normalized spacial score (nSPS) is 10.6. The molecular weight excluding hydrogens is 417 g/mol. The molecule has 0 radical (unpaired) electrons. The van der Waals surface area contributed by atoms with Gasteiger partial charge in [-0.15, -0.1) is 11.8 Å². The standard InChI is InChI=1S/C20H17ClFN3O3S/c1-11-6-8-13(9-7-11)29-10-16(26)23-24-20(27)17-12(2)28-25-19(17)18-14(21)4-3-5-15(18)22/h3-9H,10H2,1-2H3,(H,23,26)(H,24,27). The molecule has 150 valence electrons. The van der Waals surface area contributed by atoms with E-state index in [4.69, 9.17) is 16.1 Å². The van der Waals surface area contributed by atoms with Crippen molar-refractivity contribution in [3.63, 3.8) is 0 Å². The summed E-state index contributed by atoms with van der Waals surface area (Å²) < 4.78 is 19.3. The van der Waals surface area contributed by atoms with Crippen molar-refractivity contribution in [1.29, 1.82) is 0 Å². The molecule has 0 unspecified atom stereocenters. The van der Waals surface area contributed by atoms with Gasteiger partial charge in [-0.25, -0.2) is 4.39 Å². The van der Waals surface area contributed by atoms with Crippen molar-refractivity contribution in [2.75, 3.05) is 5.75 Å². The van der Waals surface area contributed by atoms with E-state index >= 15 is 0 Å². The number of nitrogens with one attached hydrogen (secondary N) is 2. The number of aromatic nitrogens is 1. The molecule has 0 bridgehead atoms. The largest absolute Gasteiger partial charge is 0.360 e. The molecule has 2 amide bonds. The van der Waals surface area contributed by atoms with Crippen LogP contribution in [0.5, 0.6) is 0 Å². The first-order chi connectivity index (χ1) is 13.9. The van der Waals surface area contributed by atoms with Crippen LogP contribution >= 0.6 is 23.4 Å². The molecule has 0 saturated heterocycles. The summed E-state index contributed by atoms with van der Waals surface area (Å²) in [6, 6.07) is 11.9. The van der Waals surface area contributed by atoms with Crippen molar-refractivity contribution in [1.82, 2.24) is 16.0 Å². The molecule has 3 rings (SSSR count). The van der Waals surface area contributed by atoms with E-state index in [9.17, 15) is 14.0 Å². The number of nitrogens with zero attached hydrogens (tertiary/aromatic N) is 1. The Morgan fingerprint density at radius 2 is 1.86 bits per heavy atom. The van der Waals surface area contributed by atoms with Crippen molar-refractivity contribution in [2.24, 2.45) is 0 Å². The summed E-state index contributed by atoms with van der Waals surface area (Å²) in [6.45, 7) is 3.49. The minimum Gasteiger partial charge on any atom is -0.360 e. The van der Waals surface area contributed by atoms with E-state index in [1.165, 1.54) is 36.9 Å². The van der Waals surface area contributed by atoms with Gasteiger partial charge in [0.2, 0.25) is 5.91 Å². The minimum atomic E-state index is -0.688. The van der Waals surface area contributed by atoms with Crippen LogP contribution in [0.25, 0.3) is 11.3 Å². The van der Waals surface area contributed by atoms with Gasteiger partial charge in [0.25, 0.3) is 5.91 Å². The summed E-state index contributed by atoms with van der Waals surface area (Å²) in [5, 5.41) is 3.85. The zero-order chi connectivity index (χ0) is 21.0. The Morgan fingerprint density at radius 3 is 2.55 bits per heavy atom.